The minimum Gasteiger partial charge on any atom is -0.741 e. The van der Waals surface area contributed by atoms with Gasteiger partial charge in [0.05, 0.1) is 5.52 Å². The van der Waals surface area contributed by atoms with Crippen LogP contribution in [-0.4, -0.2) is 28.6 Å². The summed E-state index contributed by atoms with van der Waals surface area (Å²) in [6.07, 6.45) is 0. The van der Waals surface area contributed by atoms with Gasteiger partial charge in [0.15, 0.2) is 13.7 Å². The molecule has 0 saturated carbocycles. The molecule has 0 spiro atoms. The quantitative estimate of drug-likeness (QED) is 0.237. The van der Waals surface area contributed by atoms with Crippen molar-refractivity contribution in [1.29, 1.82) is 0 Å². The summed E-state index contributed by atoms with van der Waals surface area (Å²) >= 11 is 2.02. The van der Waals surface area contributed by atoms with E-state index in [0.29, 0.717) is 10.9 Å². The zero-order valence-electron chi connectivity index (χ0n) is 13.3. The van der Waals surface area contributed by atoms with Gasteiger partial charge in [0.25, 0.3) is 28.2 Å². The molecule has 2 N–H and O–H groups in total. The van der Waals surface area contributed by atoms with Crippen LogP contribution in [0.5, 0.6) is 5.75 Å². The summed E-state index contributed by atoms with van der Waals surface area (Å²) in [6, 6.07) is 18.6. The first-order valence-electron chi connectivity index (χ1n) is 6.97. The van der Waals surface area contributed by atoms with E-state index in [4.69, 9.17) is 13.0 Å². The topological polar surface area (TPSA) is 110 Å². The Morgan fingerprint density at radius 1 is 1.00 bits per heavy atom. The van der Waals surface area contributed by atoms with Crippen LogP contribution in [0.1, 0.15) is 0 Å². The lowest BCUT2D eigenvalue weighted by molar-refractivity contribution is -0.328. The summed E-state index contributed by atoms with van der Waals surface area (Å²) in [6.45, 7) is 0. The van der Waals surface area contributed by atoms with Crippen molar-refractivity contribution in [2.75, 3.05) is 0 Å². The summed E-state index contributed by atoms with van der Waals surface area (Å²) in [5.74, 6) is 0.0225. The first kappa shape index (κ1) is 22.9. The van der Waals surface area contributed by atoms with E-state index in [0.717, 1.165) is 0 Å². The smallest absolute Gasteiger partial charge is 0.485 e. The Labute approximate surface area is 165 Å². The van der Waals surface area contributed by atoms with Crippen LogP contribution in [0.2, 0.25) is 0 Å². The number of pyridine rings is 1. The highest BCUT2D eigenvalue weighted by Crippen LogP contribution is 2.20. The van der Waals surface area contributed by atoms with Crippen LogP contribution in [0, 0.1) is 3.57 Å². The van der Waals surface area contributed by atoms with E-state index in [2.05, 4.69) is 17.1 Å². The number of fused-ring (bicyclic) bond motifs is 1. The van der Waals surface area contributed by atoms with E-state index in [1.165, 1.54) is 9.64 Å². The van der Waals surface area contributed by atoms with Gasteiger partial charge in [-0.3, -0.25) is 4.79 Å². The van der Waals surface area contributed by atoms with E-state index in [-0.39, 0.29) is 11.3 Å². The number of hydrogen-bond donors (Lipinski definition) is 2. The van der Waals surface area contributed by atoms with Crippen molar-refractivity contribution in [3.8, 4) is 5.75 Å². The fraction of sp³-hybridized carbons (Fsp3) is 0.0625. The summed E-state index contributed by atoms with van der Waals surface area (Å²) in [7, 11) is -6.09. The molecule has 0 fully saturated rings. The molecule has 0 unspecified atom stereocenters. The van der Waals surface area contributed by atoms with Crippen molar-refractivity contribution in [2.45, 2.75) is 5.51 Å². The van der Waals surface area contributed by atoms with Crippen LogP contribution < -0.4 is 28.2 Å². The van der Waals surface area contributed by atoms with Gasteiger partial charge in [0.1, 0.15) is 5.75 Å². The van der Waals surface area contributed by atoms with Crippen LogP contribution in [0.25, 0.3) is 10.9 Å². The Bertz CT molecular complexity index is 1040. The summed E-state index contributed by atoms with van der Waals surface area (Å²) < 4.78 is 60.2. The SMILES string of the molecule is O=S(=O)([O-])C(F)(F)F.O=c1cc(O)c2ccccc2[nH]1.[IH+]c1ccccc1. The highest BCUT2D eigenvalue weighted by molar-refractivity contribution is 7.86. The maximum absolute atomic E-state index is 10.9. The number of halogens is 4. The number of aromatic hydroxyl groups is 1. The fourth-order valence-electron chi connectivity index (χ4n) is 1.61. The molecule has 3 rings (SSSR count). The molecule has 0 aliphatic heterocycles. The molecule has 1 heterocycles. The molecule has 0 atom stereocenters. The zero-order chi connectivity index (χ0) is 20.7. The normalized spacial score (nSPS) is 11.0. The minimum absolute atomic E-state index is 0.0225. The summed E-state index contributed by atoms with van der Waals surface area (Å²) in [5.41, 5.74) is -5.28. The molecule has 0 bridgehead atoms. The van der Waals surface area contributed by atoms with Gasteiger partial charge in [-0.1, -0.05) is 30.3 Å². The van der Waals surface area contributed by atoms with Crippen LogP contribution in [0.15, 0.2) is 65.5 Å². The molecule has 2 aromatic carbocycles. The second-order valence-corrected chi connectivity index (χ2v) is 7.49. The van der Waals surface area contributed by atoms with E-state index in [1.54, 1.807) is 24.3 Å². The molecule has 27 heavy (non-hydrogen) atoms. The van der Waals surface area contributed by atoms with E-state index in [1.807, 2.05) is 40.8 Å². The van der Waals surface area contributed by atoms with E-state index in [9.17, 15) is 23.1 Å². The molecule has 0 amide bonds. The maximum atomic E-state index is 10.9. The van der Waals surface area contributed by atoms with Gasteiger partial charge in [-0.15, -0.1) is 0 Å². The van der Waals surface area contributed by atoms with Crippen LogP contribution >= 0.6 is 0 Å². The molecule has 0 aliphatic carbocycles. The fourth-order valence-corrected chi connectivity index (χ4v) is 2.06. The number of hydrogen-bond acceptors (Lipinski definition) is 5. The van der Waals surface area contributed by atoms with Gasteiger partial charge in [-0.25, -0.2) is 8.42 Å². The Morgan fingerprint density at radius 2 is 1.48 bits per heavy atom. The predicted molar refractivity (Wildman–Crippen MR) is 88.5 cm³/mol. The van der Waals surface area contributed by atoms with Gasteiger partial charge in [0.2, 0.25) is 0 Å². The Morgan fingerprint density at radius 3 is 1.93 bits per heavy atom. The molecular weight excluding hydrogens is 502 g/mol. The van der Waals surface area contributed by atoms with Crippen molar-refractivity contribution in [1.82, 2.24) is 4.98 Å². The molecule has 6 nitrogen and oxygen atoms in total. The minimum atomic E-state index is -6.09. The van der Waals surface area contributed by atoms with Crippen LogP contribution in [0.3, 0.4) is 0 Å². The van der Waals surface area contributed by atoms with Crippen LogP contribution in [-0.2, 0) is 10.1 Å². The number of nitrogens with one attached hydrogen (secondary N) is 1. The number of rotatable bonds is 0. The number of aromatic nitrogens is 1. The van der Waals surface area contributed by atoms with Crippen LogP contribution in [0.4, 0.5) is 13.2 Å². The molecule has 3 aromatic rings. The number of benzene rings is 2. The largest absolute Gasteiger partial charge is 0.741 e. The van der Waals surface area contributed by atoms with Gasteiger partial charge < -0.3 is 14.6 Å². The molecule has 0 saturated heterocycles. The summed E-state index contributed by atoms with van der Waals surface area (Å²) in [4.78, 5) is 13.5. The second kappa shape index (κ2) is 9.71. The second-order valence-electron chi connectivity index (χ2n) is 4.78. The summed E-state index contributed by atoms with van der Waals surface area (Å²) in [5, 5.41) is 10.00. The van der Waals surface area contributed by atoms with Crippen molar-refractivity contribution in [3.63, 3.8) is 0 Å². The van der Waals surface area contributed by atoms with E-state index >= 15 is 0 Å². The van der Waals surface area contributed by atoms with Gasteiger partial charge in [-0.05, 0) is 24.3 Å². The number of para-hydroxylation sites is 1. The van der Waals surface area contributed by atoms with Gasteiger partial charge in [0, 0.05) is 11.5 Å². The lowest BCUT2D eigenvalue weighted by atomic mass is 10.2. The first-order valence-corrected chi connectivity index (χ1v) is 9.54. The standard InChI is InChI=1S/C9H7NO2.C6H6I.CHF3O3S/c11-8-5-9(12)10-7-4-2-1-3-6(7)8;7-6-4-2-1-3-5-6;2-1(3,4)8(5,6)7/h1-5H,(H2,10,11,12);1-5,7H;(H,5,6,7)/q;+1;/p-1. The van der Waals surface area contributed by atoms with E-state index < -0.39 is 15.6 Å². The van der Waals surface area contributed by atoms with Crippen molar-refractivity contribution in [2.24, 2.45) is 0 Å². The number of alkyl halides is 3. The monoisotopic (exact) mass is 515 g/mol. The Balaban J connectivity index is 0.000000214. The van der Waals surface area contributed by atoms with Crippen molar-refractivity contribution < 1.29 is 53.8 Å². The lowest BCUT2D eigenvalue weighted by Crippen LogP contribution is -3.34. The molecule has 0 aliphatic rings. The third-order valence-corrected chi connectivity index (χ3v) is 4.10. The molecule has 0 radical (unpaired) electrons. The maximum Gasteiger partial charge on any atom is 0.485 e. The van der Waals surface area contributed by atoms with Crippen molar-refractivity contribution in [3.05, 3.63) is 74.6 Å². The van der Waals surface area contributed by atoms with Gasteiger partial charge >= 0.3 is 5.51 Å². The average molecular weight is 515 g/mol. The average Bonchev–Trinajstić information content (AvgIpc) is 2.55. The predicted octanol–water partition coefficient (Wildman–Crippen LogP) is -0.573. The zero-order valence-corrected chi connectivity index (χ0v) is 16.5. The highest BCUT2D eigenvalue weighted by atomic mass is 127. The van der Waals surface area contributed by atoms with Gasteiger partial charge in [-0.2, -0.15) is 13.2 Å². The number of H-pyrrole nitrogens is 1. The molecule has 1 aromatic heterocycles. The first-order chi connectivity index (χ1) is 12.4. The highest BCUT2D eigenvalue weighted by Gasteiger charge is 2.36. The molecule has 146 valence electrons. The number of aromatic amines is 1. The lowest BCUT2D eigenvalue weighted by Gasteiger charge is -2.08. The third kappa shape index (κ3) is 7.97. The Hall–Kier alpha value is -2.12. The molecular formula is C16H13F3INO5S. The van der Waals surface area contributed by atoms with Crippen molar-refractivity contribution >= 4 is 21.0 Å². The third-order valence-electron chi connectivity index (χ3n) is 2.76. The molecule has 11 heteroatoms. The Kier molecular flexibility index (Phi) is 8.24.